The average molecular weight is 360 g/mol. The molecular formula is C20H22ClNO3. The second-order valence-electron chi connectivity index (χ2n) is 6.77. The quantitative estimate of drug-likeness (QED) is 0.825. The van der Waals surface area contributed by atoms with E-state index in [4.69, 9.17) is 21.1 Å². The fraction of sp³-hybridized carbons (Fsp3) is 0.350. The molecule has 1 atom stereocenters. The molecular weight excluding hydrogens is 338 g/mol. The van der Waals surface area contributed by atoms with Crippen molar-refractivity contribution in [3.05, 3.63) is 65.2 Å². The molecule has 1 unspecified atom stereocenters. The van der Waals surface area contributed by atoms with Gasteiger partial charge in [0.1, 0.15) is 11.9 Å². The van der Waals surface area contributed by atoms with Crippen molar-refractivity contribution in [2.75, 3.05) is 19.8 Å². The summed E-state index contributed by atoms with van der Waals surface area (Å²) in [5, 5.41) is 0.638. The third-order valence-electron chi connectivity index (χ3n) is 4.37. The standard InChI is InChI=1S/C20H22ClNO3/c1-20(2)14-25-18(15-6-4-3-5-7-15)12-22(20)19(23)13-24-17-10-8-16(21)9-11-17/h3-11,18H,12-14H2,1-2H3. The summed E-state index contributed by atoms with van der Waals surface area (Å²) in [5.41, 5.74) is 0.709. The number of nitrogens with zero attached hydrogens (tertiary/aromatic N) is 1. The summed E-state index contributed by atoms with van der Waals surface area (Å²) in [6, 6.07) is 17.0. The minimum Gasteiger partial charge on any atom is -0.484 e. The summed E-state index contributed by atoms with van der Waals surface area (Å²) in [7, 11) is 0. The summed E-state index contributed by atoms with van der Waals surface area (Å²) < 4.78 is 11.6. The van der Waals surface area contributed by atoms with Crippen molar-refractivity contribution in [2.24, 2.45) is 0 Å². The first-order chi connectivity index (χ1) is 12.0. The van der Waals surface area contributed by atoms with Crippen LogP contribution < -0.4 is 4.74 Å². The van der Waals surface area contributed by atoms with Gasteiger partial charge in [-0.25, -0.2) is 0 Å². The molecule has 0 saturated carbocycles. The maximum atomic E-state index is 12.8. The van der Waals surface area contributed by atoms with Crippen molar-refractivity contribution in [3.8, 4) is 5.75 Å². The number of amides is 1. The molecule has 0 bridgehead atoms. The highest BCUT2D eigenvalue weighted by Crippen LogP contribution is 2.30. The number of ether oxygens (including phenoxy) is 2. The summed E-state index contributed by atoms with van der Waals surface area (Å²) in [5.74, 6) is 0.576. The maximum absolute atomic E-state index is 12.8. The molecule has 2 aromatic carbocycles. The lowest BCUT2D eigenvalue weighted by atomic mass is 9.98. The molecule has 132 valence electrons. The summed E-state index contributed by atoms with van der Waals surface area (Å²) >= 11 is 5.86. The van der Waals surface area contributed by atoms with Gasteiger partial charge < -0.3 is 14.4 Å². The first kappa shape index (κ1) is 17.8. The fourth-order valence-corrected chi connectivity index (χ4v) is 3.04. The van der Waals surface area contributed by atoms with Crippen molar-refractivity contribution < 1.29 is 14.3 Å². The zero-order valence-electron chi connectivity index (χ0n) is 14.4. The van der Waals surface area contributed by atoms with Gasteiger partial charge in [0.2, 0.25) is 0 Å². The number of hydrogen-bond donors (Lipinski definition) is 0. The van der Waals surface area contributed by atoms with Crippen LogP contribution >= 0.6 is 11.6 Å². The molecule has 5 heteroatoms. The van der Waals surface area contributed by atoms with Crippen molar-refractivity contribution in [2.45, 2.75) is 25.5 Å². The number of rotatable bonds is 4. The molecule has 1 saturated heterocycles. The Morgan fingerprint density at radius 1 is 1.20 bits per heavy atom. The molecule has 1 fully saturated rings. The van der Waals surface area contributed by atoms with Gasteiger partial charge in [0.25, 0.3) is 5.91 Å². The van der Waals surface area contributed by atoms with Crippen molar-refractivity contribution in [1.29, 1.82) is 0 Å². The second kappa shape index (κ2) is 7.46. The highest BCUT2D eigenvalue weighted by molar-refractivity contribution is 6.30. The lowest BCUT2D eigenvalue weighted by Crippen LogP contribution is -2.57. The average Bonchev–Trinajstić information content (AvgIpc) is 2.61. The predicted octanol–water partition coefficient (Wildman–Crippen LogP) is 4.10. The predicted molar refractivity (Wildman–Crippen MR) is 97.9 cm³/mol. The van der Waals surface area contributed by atoms with Gasteiger partial charge in [0.15, 0.2) is 6.61 Å². The Morgan fingerprint density at radius 3 is 2.56 bits per heavy atom. The molecule has 0 aromatic heterocycles. The Kier molecular flexibility index (Phi) is 5.30. The van der Waals surface area contributed by atoms with Crippen LogP contribution in [0.3, 0.4) is 0 Å². The van der Waals surface area contributed by atoms with E-state index in [1.54, 1.807) is 24.3 Å². The number of halogens is 1. The van der Waals surface area contributed by atoms with Crippen LogP contribution in [0.5, 0.6) is 5.75 Å². The minimum atomic E-state index is -0.369. The molecule has 1 aliphatic rings. The van der Waals surface area contributed by atoms with Gasteiger partial charge in [-0.05, 0) is 43.7 Å². The summed E-state index contributed by atoms with van der Waals surface area (Å²) in [4.78, 5) is 14.6. The van der Waals surface area contributed by atoms with Gasteiger partial charge >= 0.3 is 0 Å². The first-order valence-corrected chi connectivity index (χ1v) is 8.69. The molecule has 0 aliphatic carbocycles. The van der Waals surface area contributed by atoms with Gasteiger partial charge in [0.05, 0.1) is 18.7 Å². The molecule has 3 rings (SSSR count). The minimum absolute atomic E-state index is 0.00737. The van der Waals surface area contributed by atoms with E-state index < -0.39 is 0 Å². The molecule has 0 radical (unpaired) electrons. The number of carbonyl (C=O) groups excluding carboxylic acids is 1. The number of hydrogen-bond acceptors (Lipinski definition) is 3. The molecule has 1 heterocycles. The van der Waals surface area contributed by atoms with Crippen molar-refractivity contribution >= 4 is 17.5 Å². The second-order valence-corrected chi connectivity index (χ2v) is 7.21. The van der Waals surface area contributed by atoms with E-state index >= 15 is 0 Å². The van der Waals surface area contributed by atoms with Crippen LogP contribution in [0.4, 0.5) is 0 Å². The Bertz CT molecular complexity index is 715. The molecule has 4 nitrogen and oxygen atoms in total. The zero-order chi connectivity index (χ0) is 17.9. The Morgan fingerprint density at radius 2 is 1.88 bits per heavy atom. The van der Waals surface area contributed by atoms with Crippen LogP contribution in [-0.4, -0.2) is 36.1 Å². The topological polar surface area (TPSA) is 38.8 Å². The smallest absolute Gasteiger partial charge is 0.261 e. The number of carbonyl (C=O) groups is 1. The van der Waals surface area contributed by atoms with E-state index in [9.17, 15) is 4.79 Å². The monoisotopic (exact) mass is 359 g/mol. The van der Waals surface area contributed by atoms with Crippen LogP contribution in [0, 0.1) is 0 Å². The largest absolute Gasteiger partial charge is 0.484 e. The fourth-order valence-electron chi connectivity index (χ4n) is 2.91. The van der Waals surface area contributed by atoms with Crippen molar-refractivity contribution in [1.82, 2.24) is 4.90 Å². The van der Waals surface area contributed by atoms with Crippen LogP contribution in [0.15, 0.2) is 54.6 Å². The van der Waals surface area contributed by atoms with E-state index in [2.05, 4.69) is 0 Å². The summed E-state index contributed by atoms with van der Waals surface area (Å²) in [6.07, 6.45) is -0.117. The molecule has 1 aliphatic heterocycles. The molecule has 0 spiro atoms. The van der Waals surface area contributed by atoms with Crippen molar-refractivity contribution in [3.63, 3.8) is 0 Å². The van der Waals surface area contributed by atoms with Crippen LogP contribution in [-0.2, 0) is 9.53 Å². The lowest BCUT2D eigenvalue weighted by molar-refractivity contribution is -0.156. The highest BCUT2D eigenvalue weighted by atomic mass is 35.5. The molecule has 1 amide bonds. The van der Waals surface area contributed by atoms with Gasteiger partial charge in [0, 0.05) is 5.02 Å². The lowest BCUT2D eigenvalue weighted by Gasteiger charge is -2.45. The van der Waals surface area contributed by atoms with E-state index in [1.807, 2.05) is 49.1 Å². The van der Waals surface area contributed by atoms with E-state index in [0.29, 0.717) is 23.9 Å². The van der Waals surface area contributed by atoms with Gasteiger partial charge in [-0.3, -0.25) is 4.79 Å². The Balaban J connectivity index is 1.67. The zero-order valence-corrected chi connectivity index (χ0v) is 15.2. The highest BCUT2D eigenvalue weighted by Gasteiger charge is 2.38. The van der Waals surface area contributed by atoms with E-state index in [-0.39, 0.29) is 24.2 Å². The molecule has 0 N–H and O–H groups in total. The number of morpholine rings is 1. The first-order valence-electron chi connectivity index (χ1n) is 8.31. The van der Waals surface area contributed by atoms with E-state index in [0.717, 1.165) is 5.56 Å². The Hall–Kier alpha value is -2.04. The molecule has 25 heavy (non-hydrogen) atoms. The maximum Gasteiger partial charge on any atom is 0.261 e. The van der Waals surface area contributed by atoms with Gasteiger partial charge in [-0.1, -0.05) is 41.9 Å². The van der Waals surface area contributed by atoms with Gasteiger partial charge in [-0.15, -0.1) is 0 Å². The summed E-state index contributed by atoms with van der Waals surface area (Å²) in [6.45, 7) is 5.01. The van der Waals surface area contributed by atoms with Crippen LogP contribution in [0.1, 0.15) is 25.5 Å². The van der Waals surface area contributed by atoms with E-state index in [1.165, 1.54) is 0 Å². The van der Waals surface area contributed by atoms with Crippen LogP contribution in [0.25, 0.3) is 0 Å². The SMILES string of the molecule is CC1(C)COC(c2ccccc2)CN1C(=O)COc1ccc(Cl)cc1. The molecule has 2 aromatic rings. The normalized spacial score (nSPS) is 19.5. The van der Waals surface area contributed by atoms with Crippen LogP contribution in [0.2, 0.25) is 5.02 Å². The Labute approximate surface area is 153 Å². The van der Waals surface area contributed by atoms with Gasteiger partial charge in [-0.2, -0.15) is 0 Å². The third kappa shape index (κ3) is 4.33. The number of benzene rings is 2. The third-order valence-corrected chi connectivity index (χ3v) is 4.62.